The van der Waals surface area contributed by atoms with Crippen molar-refractivity contribution in [1.29, 1.82) is 0 Å². The molecule has 0 saturated carbocycles. The van der Waals surface area contributed by atoms with Crippen LogP contribution in [0.4, 0.5) is 0 Å². The fourth-order valence-corrected chi connectivity index (χ4v) is 2.60. The third-order valence-corrected chi connectivity index (χ3v) is 3.93. The van der Waals surface area contributed by atoms with Crippen molar-refractivity contribution in [2.24, 2.45) is 0 Å². The molecule has 0 amide bonds. The van der Waals surface area contributed by atoms with Crippen LogP contribution in [0.5, 0.6) is 0 Å². The molecule has 0 aliphatic heterocycles. The van der Waals surface area contributed by atoms with Crippen molar-refractivity contribution >= 4 is 20.8 Å². The summed E-state index contributed by atoms with van der Waals surface area (Å²) in [5, 5.41) is 0. The van der Waals surface area contributed by atoms with Crippen LogP contribution in [0.2, 0.25) is 0 Å². The summed E-state index contributed by atoms with van der Waals surface area (Å²) in [6, 6.07) is 0. The zero-order valence-corrected chi connectivity index (χ0v) is 14.3. The quantitative estimate of drug-likeness (QED) is 0.336. The Labute approximate surface area is 133 Å². The van der Waals surface area contributed by atoms with Crippen LogP contribution in [0.15, 0.2) is 0 Å². The van der Waals surface area contributed by atoms with Crippen LogP contribution in [0.1, 0.15) is 64.2 Å². The summed E-state index contributed by atoms with van der Waals surface area (Å²) in [5.41, 5.74) is 0. The van der Waals surface area contributed by atoms with Gasteiger partial charge in [-0.25, -0.2) is 8.37 Å². The third kappa shape index (κ3) is 19.7. The van der Waals surface area contributed by atoms with Gasteiger partial charge < -0.3 is 0 Å². The zero-order valence-electron chi connectivity index (χ0n) is 12.6. The van der Waals surface area contributed by atoms with Crippen molar-refractivity contribution in [3.8, 4) is 0 Å². The Bertz CT molecular complexity index is 414. The van der Waals surface area contributed by atoms with E-state index in [1.807, 2.05) is 0 Å². The molecule has 0 aromatic rings. The highest BCUT2D eigenvalue weighted by Gasteiger charge is 2.03. The van der Waals surface area contributed by atoms with Gasteiger partial charge in [0.15, 0.2) is 0 Å². The zero-order chi connectivity index (χ0) is 16.9. The number of hydrogen-bond acceptors (Lipinski definition) is 6. The molecule has 0 radical (unpaired) electrons. The number of hydrogen-bond donors (Lipinski definition) is 2. The third-order valence-electron chi connectivity index (χ3n) is 3.00. The highest BCUT2D eigenvalue weighted by Crippen LogP contribution is 2.11. The van der Waals surface area contributed by atoms with E-state index in [-0.39, 0.29) is 13.2 Å². The Hall–Kier alpha value is -0.260. The second-order valence-corrected chi connectivity index (χ2v) is 7.22. The summed E-state index contributed by atoms with van der Waals surface area (Å²) < 4.78 is 66.1. The normalized spacial score (nSPS) is 12.6. The van der Waals surface area contributed by atoms with E-state index in [9.17, 15) is 16.8 Å². The standard InChI is InChI=1S/C12H26O8S2/c13-21(14,15)19-11-9-7-5-3-1-2-4-6-8-10-12-20-22(16,17)18/h1-12H2,(H,13,14,15)(H,16,17,18). The van der Waals surface area contributed by atoms with Crippen molar-refractivity contribution in [3.05, 3.63) is 0 Å². The first kappa shape index (κ1) is 21.7. The average molecular weight is 362 g/mol. The summed E-state index contributed by atoms with van der Waals surface area (Å²) in [5.74, 6) is 0. The lowest BCUT2D eigenvalue weighted by molar-refractivity contribution is 0.259. The molecule has 0 aliphatic rings. The summed E-state index contributed by atoms with van der Waals surface area (Å²) >= 11 is 0. The van der Waals surface area contributed by atoms with Crippen molar-refractivity contribution in [3.63, 3.8) is 0 Å². The van der Waals surface area contributed by atoms with Crippen molar-refractivity contribution in [2.75, 3.05) is 13.2 Å². The van der Waals surface area contributed by atoms with Gasteiger partial charge in [0.2, 0.25) is 0 Å². The maximum atomic E-state index is 10.3. The molecule has 0 aromatic carbocycles. The predicted octanol–water partition coefficient (Wildman–Crippen LogP) is 2.53. The molecule has 0 atom stereocenters. The van der Waals surface area contributed by atoms with Crippen LogP contribution < -0.4 is 0 Å². The first-order valence-electron chi connectivity index (χ1n) is 7.44. The number of unbranched alkanes of at least 4 members (excludes halogenated alkanes) is 9. The van der Waals surface area contributed by atoms with Crippen molar-refractivity contribution in [1.82, 2.24) is 0 Å². The Balaban J connectivity index is 3.15. The second-order valence-electron chi connectivity index (χ2n) is 5.03. The Morgan fingerprint density at radius 2 is 0.727 bits per heavy atom. The fraction of sp³-hybridized carbons (Fsp3) is 1.00. The minimum absolute atomic E-state index is 0.0183. The van der Waals surface area contributed by atoms with Gasteiger partial charge in [-0.15, -0.1) is 0 Å². The van der Waals surface area contributed by atoms with Gasteiger partial charge >= 0.3 is 20.8 Å². The summed E-state index contributed by atoms with van der Waals surface area (Å²) in [4.78, 5) is 0. The summed E-state index contributed by atoms with van der Waals surface area (Å²) in [7, 11) is -8.61. The molecule has 22 heavy (non-hydrogen) atoms. The van der Waals surface area contributed by atoms with Crippen molar-refractivity contribution in [2.45, 2.75) is 64.2 Å². The molecule has 0 saturated heterocycles. The molecule has 0 aliphatic carbocycles. The largest absolute Gasteiger partial charge is 0.397 e. The van der Waals surface area contributed by atoms with Crippen LogP contribution in [0, 0.1) is 0 Å². The highest BCUT2D eigenvalue weighted by atomic mass is 32.3. The Kier molecular flexibility index (Phi) is 12.1. The van der Waals surface area contributed by atoms with Gasteiger partial charge in [-0.3, -0.25) is 9.11 Å². The van der Waals surface area contributed by atoms with E-state index >= 15 is 0 Å². The van der Waals surface area contributed by atoms with Gasteiger partial charge in [-0.2, -0.15) is 16.8 Å². The van der Waals surface area contributed by atoms with Crippen molar-refractivity contribution < 1.29 is 34.3 Å². The first-order chi connectivity index (χ1) is 10.2. The molecule has 0 heterocycles. The van der Waals surface area contributed by atoms with E-state index in [2.05, 4.69) is 8.37 Å². The van der Waals surface area contributed by atoms with Crippen LogP contribution >= 0.6 is 0 Å². The lowest BCUT2D eigenvalue weighted by Crippen LogP contribution is -2.04. The van der Waals surface area contributed by atoms with Crippen LogP contribution in [-0.2, 0) is 29.2 Å². The summed E-state index contributed by atoms with van der Waals surface area (Å²) in [6.45, 7) is 0.0366. The second kappa shape index (κ2) is 12.2. The molecule has 2 N–H and O–H groups in total. The van der Waals surface area contributed by atoms with Crippen LogP contribution in [0.3, 0.4) is 0 Å². The van der Waals surface area contributed by atoms with Gasteiger partial charge in [0.25, 0.3) is 0 Å². The first-order valence-corrected chi connectivity index (χ1v) is 10.2. The van der Waals surface area contributed by atoms with Gasteiger partial charge in [-0.05, 0) is 12.8 Å². The molecule has 0 spiro atoms. The molecule has 0 aromatic heterocycles. The number of rotatable bonds is 15. The molecular formula is C12H26O8S2. The van der Waals surface area contributed by atoms with E-state index in [1.165, 1.54) is 0 Å². The van der Waals surface area contributed by atoms with E-state index < -0.39 is 20.8 Å². The minimum Gasteiger partial charge on any atom is -0.264 e. The van der Waals surface area contributed by atoms with E-state index in [4.69, 9.17) is 9.11 Å². The van der Waals surface area contributed by atoms with E-state index in [1.54, 1.807) is 0 Å². The topological polar surface area (TPSA) is 127 Å². The molecule has 8 nitrogen and oxygen atoms in total. The van der Waals surface area contributed by atoms with Crippen LogP contribution in [-0.4, -0.2) is 39.2 Å². The van der Waals surface area contributed by atoms with Crippen LogP contribution in [0.25, 0.3) is 0 Å². The molecular weight excluding hydrogens is 336 g/mol. The fourth-order valence-electron chi connectivity index (χ4n) is 1.95. The minimum atomic E-state index is -4.30. The molecule has 10 heteroatoms. The molecule has 134 valence electrons. The van der Waals surface area contributed by atoms with Gasteiger partial charge in [-0.1, -0.05) is 51.4 Å². The maximum Gasteiger partial charge on any atom is 0.397 e. The van der Waals surface area contributed by atoms with E-state index in [0.29, 0.717) is 12.8 Å². The lowest BCUT2D eigenvalue weighted by atomic mass is 10.1. The Morgan fingerprint density at radius 3 is 0.955 bits per heavy atom. The molecule has 0 bridgehead atoms. The monoisotopic (exact) mass is 362 g/mol. The van der Waals surface area contributed by atoms with Gasteiger partial charge in [0.05, 0.1) is 13.2 Å². The molecule has 0 rings (SSSR count). The lowest BCUT2D eigenvalue weighted by Gasteiger charge is -2.03. The maximum absolute atomic E-state index is 10.3. The van der Waals surface area contributed by atoms with E-state index in [0.717, 1.165) is 51.4 Å². The summed E-state index contributed by atoms with van der Waals surface area (Å²) in [6.07, 6.45) is 9.26. The SMILES string of the molecule is O=S(=O)(O)OCCCCCCCCCCCCOS(=O)(=O)O. The van der Waals surface area contributed by atoms with Gasteiger partial charge in [0.1, 0.15) is 0 Å². The smallest absolute Gasteiger partial charge is 0.264 e. The predicted molar refractivity (Wildman–Crippen MR) is 81.2 cm³/mol. The molecule has 0 fully saturated rings. The average Bonchev–Trinajstić information content (AvgIpc) is 2.36. The highest BCUT2D eigenvalue weighted by molar-refractivity contribution is 7.81. The Morgan fingerprint density at radius 1 is 0.500 bits per heavy atom. The molecule has 0 unspecified atom stereocenters. The van der Waals surface area contributed by atoms with Gasteiger partial charge in [0, 0.05) is 0 Å².